The molecule has 0 radical (unpaired) electrons. The first-order chi connectivity index (χ1) is 14.2. The monoisotopic (exact) mass is 412 g/mol. The van der Waals surface area contributed by atoms with E-state index in [2.05, 4.69) is 46.6 Å². The van der Waals surface area contributed by atoms with E-state index in [0.29, 0.717) is 23.7 Å². The lowest BCUT2D eigenvalue weighted by molar-refractivity contribution is -0.0419. The lowest BCUT2D eigenvalue weighted by Gasteiger charge is -2.58. The van der Waals surface area contributed by atoms with Crippen LogP contribution in [0.25, 0.3) is 0 Å². The molecule has 4 aliphatic rings. The van der Waals surface area contributed by atoms with Gasteiger partial charge in [0.25, 0.3) is 0 Å². The van der Waals surface area contributed by atoms with Crippen LogP contribution in [0.5, 0.6) is 0 Å². The van der Waals surface area contributed by atoms with Crippen LogP contribution in [0.3, 0.4) is 0 Å². The summed E-state index contributed by atoms with van der Waals surface area (Å²) in [6, 6.07) is 0. The van der Waals surface area contributed by atoms with Gasteiger partial charge in [0, 0.05) is 17.4 Å². The average molecular weight is 413 g/mol. The summed E-state index contributed by atoms with van der Waals surface area (Å²) in [5.41, 5.74) is 2.51. The SMILES string of the molecule is CC(C)CCC[C@@H](C)[C@H]1CC[C@H]2[C@@H]3CC=C4C[C@H](O)CC(=C=O)[C@]4(C)[C@H]3CC[C@]12C. The number of hydrogen-bond donors (Lipinski definition) is 1. The van der Waals surface area contributed by atoms with E-state index >= 15 is 0 Å². The Kier molecular flexibility index (Phi) is 6.15. The predicted molar refractivity (Wildman–Crippen MR) is 124 cm³/mol. The van der Waals surface area contributed by atoms with Gasteiger partial charge in [0.05, 0.1) is 6.10 Å². The molecule has 2 heteroatoms. The Labute approximate surface area is 184 Å². The van der Waals surface area contributed by atoms with Crippen LogP contribution >= 0.6 is 0 Å². The van der Waals surface area contributed by atoms with Crippen LogP contribution in [0.1, 0.15) is 98.8 Å². The fraction of sp³-hybridized carbons (Fsp3) is 0.857. The highest BCUT2D eigenvalue weighted by Gasteiger charge is 2.60. The van der Waals surface area contributed by atoms with Crippen molar-refractivity contribution in [2.24, 2.45) is 46.3 Å². The lowest BCUT2D eigenvalue weighted by atomic mass is 9.46. The summed E-state index contributed by atoms with van der Waals surface area (Å²) >= 11 is 0. The molecule has 0 aromatic rings. The first-order valence-corrected chi connectivity index (χ1v) is 12.8. The average Bonchev–Trinajstić information content (AvgIpc) is 3.05. The maximum atomic E-state index is 11.9. The fourth-order valence-electron chi connectivity index (χ4n) is 8.72. The fourth-order valence-corrected chi connectivity index (χ4v) is 8.72. The largest absolute Gasteiger partial charge is 0.392 e. The number of rotatable bonds is 5. The molecule has 0 aromatic heterocycles. The van der Waals surface area contributed by atoms with Gasteiger partial charge in [0.1, 0.15) is 5.94 Å². The van der Waals surface area contributed by atoms with E-state index in [1.807, 2.05) is 0 Å². The quantitative estimate of drug-likeness (QED) is 0.400. The number of allylic oxidation sites excluding steroid dienone is 1. The highest BCUT2D eigenvalue weighted by molar-refractivity contribution is 5.59. The van der Waals surface area contributed by atoms with Crippen LogP contribution in [-0.4, -0.2) is 17.2 Å². The van der Waals surface area contributed by atoms with Gasteiger partial charge in [-0.1, -0.05) is 65.5 Å². The number of aliphatic hydroxyl groups excluding tert-OH is 1. The van der Waals surface area contributed by atoms with E-state index in [0.717, 1.165) is 42.1 Å². The molecule has 0 aromatic carbocycles. The summed E-state index contributed by atoms with van der Waals surface area (Å²) in [7, 11) is 0. The van der Waals surface area contributed by atoms with Crippen LogP contribution < -0.4 is 0 Å². The molecule has 0 saturated heterocycles. The molecule has 0 heterocycles. The first-order valence-electron chi connectivity index (χ1n) is 12.8. The van der Waals surface area contributed by atoms with Gasteiger partial charge in [-0.25, -0.2) is 4.79 Å². The van der Waals surface area contributed by atoms with Crippen molar-refractivity contribution < 1.29 is 9.90 Å². The number of aliphatic hydroxyl groups is 1. The van der Waals surface area contributed by atoms with Crippen molar-refractivity contribution in [1.82, 2.24) is 0 Å². The summed E-state index contributed by atoms with van der Waals surface area (Å²) in [6.07, 6.45) is 13.9. The van der Waals surface area contributed by atoms with E-state index in [9.17, 15) is 9.90 Å². The van der Waals surface area contributed by atoms with Crippen molar-refractivity contribution in [3.8, 4) is 0 Å². The van der Waals surface area contributed by atoms with Crippen molar-refractivity contribution in [3.63, 3.8) is 0 Å². The summed E-state index contributed by atoms with van der Waals surface area (Å²) in [6.45, 7) is 12.1. The van der Waals surface area contributed by atoms with Gasteiger partial charge in [-0.2, -0.15) is 0 Å². The molecule has 168 valence electrons. The van der Waals surface area contributed by atoms with E-state index < -0.39 is 6.10 Å². The normalized spacial score (nSPS) is 44.0. The van der Waals surface area contributed by atoms with Crippen LogP contribution in [0.15, 0.2) is 17.2 Å². The second-order valence-corrected chi connectivity index (χ2v) is 12.2. The molecule has 30 heavy (non-hydrogen) atoms. The molecule has 3 saturated carbocycles. The van der Waals surface area contributed by atoms with Crippen LogP contribution in [-0.2, 0) is 4.79 Å². The third kappa shape index (κ3) is 3.47. The molecule has 8 atom stereocenters. The molecule has 1 N–H and O–H groups in total. The summed E-state index contributed by atoms with van der Waals surface area (Å²) in [4.78, 5) is 11.9. The van der Waals surface area contributed by atoms with Gasteiger partial charge < -0.3 is 5.11 Å². The van der Waals surface area contributed by atoms with Crippen molar-refractivity contribution in [1.29, 1.82) is 0 Å². The Hall–Kier alpha value is -0.850. The maximum Gasteiger partial charge on any atom is 0.124 e. The minimum absolute atomic E-state index is 0.147. The minimum atomic E-state index is -0.395. The van der Waals surface area contributed by atoms with Crippen LogP contribution in [0.2, 0.25) is 0 Å². The maximum absolute atomic E-state index is 11.9. The topological polar surface area (TPSA) is 37.3 Å². The zero-order valence-corrected chi connectivity index (χ0v) is 20.0. The summed E-state index contributed by atoms with van der Waals surface area (Å²) in [5.74, 6) is 6.87. The van der Waals surface area contributed by atoms with Crippen LogP contribution in [0, 0.1) is 46.3 Å². The molecule has 0 spiro atoms. The Balaban J connectivity index is 1.55. The molecule has 0 bridgehead atoms. The molecular formula is C28H44O2. The van der Waals surface area contributed by atoms with Gasteiger partial charge in [-0.05, 0) is 79.4 Å². The van der Waals surface area contributed by atoms with E-state index in [1.165, 1.54) is 50.5 Å². The molecule has 3 fully saturated rings. The van der Waals surface area contributed by atoms with Gasteiger partial charge in [-0.3, -0.25) is 0 Å². The zero-order valence-electron chi connectivity index (χ0n) is 20.0. The molecular weight excluding hydrogens is 368 g/mol. The minimum Gasteiger partial charge on any atom is -0.392 e. The smallest absolute Gasteiger partial charge is 0.124 e. The van der Waals surface area contributed by atoms with Gasteiger partial charge in [0.2, 0.25) is 0 Å². The Morgan fingerprint density at radius 3 is 2.57 bits per heavy atom. The number of fused-ring (bicyclic) bond motifs is 5. The second kappa shape index (κ2) is 8.25. The van der Waals surface area contributed by atoms with Gasteiger partial charge in [0.15, 0.2) is 0 Å². The predicted octanol–water partition coefficient (Wildman–Crippen LogP) is 6.76. The van der Waals surface area contributed by atoms with E-state index in [4.69, 9.17) is 0 Å². The third-order valence-corrected chi connectivity index (χ3v) is 10.3. The van der Waals surface area contributed by atoms with Gasteiger partial charge in [-0.15, -0.1) is 0 Å². The summed E-state index contributed by atoms with van der Waals surface area (Å²) < 4.78 is 0. The van der Waals surface area contributed by atoms with E-state index in [-0.39, 0.29) is 5.41 Å². The first kappa shape index (κ1) is 22.3. The van der Waals surface area contributed by atoms with Crippen molar-refractivity contribution in [3.05, 3.63) is 17.2 Å². The van der Waals surface area contributed by atoms with Crippen molar-refractivity contribution >= 4 is 5.94 Å². The highest BCUT2D eigenvalue weighted by atomic mass is 16.3. The molecule has 4 rings (SSSR count). The molecule has 0 aliphatic heterocycles. The zero-order chi connectivity index (χ0) is 21.7. The Morgan fingerprint density at radius 2 is 1.87 bits per heavy atom. The highest BCUT2D eigenvalue weighted by Crippen LogP contribution is 2.67. The third-order valence-electron chi connectivity index (χ3n) is 10.3. The van der Waals surface area contributed by atoms with Crippen molar-refractivity contribution in [2.45, 2.75) is 105 Å². The number of carbonyl (C=O) groups excluding carboxylic acids is 1. The number of hydrogen-bond acceptors (Lipinski definition) is 2. The molecule has 0 amide bonds. The molecule has 2 nitrogen and oxygen atoms in total. The van der Waals surface area contributed by atoms with Gasteiger partial charge >= 0.3 is 0 Å². The summed E-state index contributed by atoms with van der Waals surface area (Å²) in [5, 5.41) is 10.3. The second-order valence-electron chi connectivity index (χ2n) is 12.2. The van der Waals surface area contributed by atoms with Crippen LogP contribution in [0.4, 0.5) is 0 Å². The van der Waals surface area contributed by atoms with E-state index in [1.54, 1.807) is 0 Å². The molecule has 4 aliphatic carbocycles. The Bertz CT molecular complexity index is 729. The lowest BCUT2D eigenvalue weighted by Crippen LogP contribution is -2.51. The standard InChI is InChI=1S/C28H44O2/c1-18(2)7-6-8-19(3)24-11-12-25-23-10-9-20-15-22(30)16-21(17-29)28(20,5)26(23)13-14-27(24,25)4/h9,18-19,22-26,30H,6-8,10-16H2,1-5H3/t19-,22+,23+,24-,25+,26+,27-,28-/m1/s1. The Morgan fingerprint density at radius 1 is 1.10 bits per heavy atom. The molecule has 0 unspecified atom stereocenters. The van der Waals surface area contributed by atoms with Crippen molar-refractivity contribution in [2.75, 3.05) is 0 Å².